The minimum absolute atomic E-state index is 0.613. The van der Waals surface area contributed by atoms with E-state index in [1.54, 1.807) is 0 Å². The summed E-state index contributed by atoms with van der Waals surface area (Å²) in [5.74, 6) is 3.19. The van der Waals surface area contributed by atoms with Crippen molar-refractivity contribution in [3.8, 4) is 0 Å². The van der Waals surface area contributed by atoms with Crippen molar-refractivity contribution >= 4 is 11.6 Å². The molecule has 2 aromatic rings. The summed E-state index contributed by atoms with van der Waals surface area (Å²) < 4.78 is 5.45. The molecule has 4 rings (SSSR count). The topological polar surface area (TPSA) is 42.2 Å². The summed E-state index contributed by atoms with van der Waals surface area (Å²) in [5, 5.41) is 4.86. The van der Waals surface area contributed by atoms with Gasteiger partial charge in [0, 0.05) is 17.5 Å². The van der Waals surface area contributed by atoms with Crippen molar-refractivity contribution in [1.82, 2.24) is 15.0 Å². The van der Waals surface area contributed by atoms with Crippen molar-refractivity contribution in [1.29, 1.82) is 0 Å². The van der Waals surface area contributed by atoms with Crippen molar-refractivity contribution in [2.75, 3.05) is 7.05 Å². The van der Waals surface area contributed by atoms with Crippen LogP contribution in [-0.2, 0) is 13.0 Å². The van der Waals surface area contributed by atoms with Crippen LogP contribution in [0.1, 0.15) is 43.0 Å². The predicted molar refractivity (Wildman–Crippen MR) is 89.3 cm³/mol. The summed E-state index contributed by atoms with van der Waals surface area (Å²) in [6.07, 6.45) is 6.14. The zero-order valence-corrected chi connectivity index (χ0v) is 14.2. The van der Waals surface area contributed by atoms with E-state index in [9.17, 15) is 0 Å². The molecule has 23 heavy (non-hydrogen) atoms. The molecule has 1 heterocycles. The van der Waals surface area contributed by atoms with Gasteiger partial charge in [0.15, 0.2) is 5.82 Å². The lowest BCUT2D eigenvalue weighted by atomic mass is 10.1. The molecule has 2 fully saturated rings. The van der Waals surface area contributed by atoms with Gasteiger partial charge >= 0.3 is 0 Å². The third kappa shape index (κ3) is 3.59. The zero-order chi connectivity index (χ0) is 15.8. The molecular formula is C18H22ClN3O. The molecule has 0 saturated heterocycles. The van der Waals surface area contributed by atoms with Gasteiger partial charge in [0.1, 0.15) is 0 Å². The molecule has 0 N–H and O–H groups in total. The number of nitrogens with zero attached hydrogens (tertiary/aromatic N) is 3. The van der Waals surface area contributed by atoms with E-state index in [-0.39, 0.29) is 0 Å². The SMILES string of the molecule is CN(Cc1nc(Cc2ccccc2Cl)no1)C(C1CC1)C1CC1. The number of hydrogen-bond donors (Lipinski definition) is 0. The van der Waals surface area contributed by atoms with E-state index in [0.29, 0.717) is 24.2 Å². The van der Waals surface area contributed by atoms with Crippen molar-refractivity contribution in [2.24, 2.45) is 11.8 Å². The van der Waals surface area contributed by atoms with Crippen LogP contribution in [0.25, 0.3) is 0 Å². The molecular weight excluding hydrogens is 310 g/mol. The van der Waals surface area contributed by atoms with Crippen LogP contribution >= 0.6 is 11.6 Å². The molecule has 1 aromatic heterocycles. The van der Waals surface area contributed by atoms with Crippen LogP contribution in [0, 0.1) is 11.8 Å². The van der Waals surface area contributed by atoms with Crippen molar-refractivity contribution in [3.05, 3.63) is 46.6 Å². The monoisotopic (exact) mass is 331 g/mol. The fraction of sp³-hybridized carbons (Fsp3) is 0.556. The minimum atomic E-state index is 0.613. The van der Waals surface area contributed by atoms with Gasteiger partial charge in [-0.05, 0) is 56.2 Å². The number of aromatic nitrogens is 2. The number of rotatable bonds is 7. The molecule has 2 saturated carbocycles. The zero-order valence-electron chi connectivity index (χ0n) is 13.4. The summed E-state index contributed by atoms with van der Waals surface area (Å²) in [7, 11) is 2.19. The third-order valence-electron chi connectivity index (χ3n) is 4.92. The smallest absolute Gasteiger partial charge is 0.240 e. The minimum Gasteiger partial charge on any atom is -0.338 e. The first kappa shape index (κ1) is 15.2. The lowest BCUT2D eigenvalue weighted by molar-refractivity contribution is 0.165. The predicted octanol–water partition coefficient (Wildman–Crippen LogP) is 3.93. The van der Waals surface area contributed by atoms with Gasteiger partial charge in [-0.15, -0.1) is 0 Å². The highest BCUT2D eigenvalue weighted by atomic mass is 35.5. The van der Waals surface area contributed by atoms with Crippen LogP contribution in [0.4, 0.5) is 0 Å². The van der Waals surface area contributed by atoms with Crippen LogP contribution in [0.2, 0.25) is 5.02 Å². The maximum absolute atomic E-state index is 6.20. The van der Waals surface area contributed by atoms with Crippen molar-refractivity contribution < 1.29 is 4.52 Å². The molecule has 0 bridgehead atoms. The van der Waals surface area contributed by atoms with E-state index in [1.165, 1.54) is 25.7 Å². The molecule has 0 radical (unpaired) electrons. The van der Waals surface area contributed by atoms with Crippen molar-refractivity contribution in [3.63, 3.8) is 0 Å². The summed E-state index contributed by atoms with van der Waals surface area (Å²) in [6.45, 7) is 0.743. The first-order valence-electron chi connectivity index (χ1n) is 8.46. The molecule has 1 aromatic carbocycles. The number of hydrogen-bond acceptors (Lipinski definition) is 4. The van der Waals surface area contributed by atoms with Crippen LogP contribution in [0.5, 0.6) is 0 Å². The Morgan fingerprint density at radius 2 is 1.91 bits per heavy atom. The molecule has 0 spiro atoms. The van der Waals surface area contributed by atoms with E-state index in [1.807, 2.05) is 24.3 Å². The quantitative estimate of drug-likeness (QED) is 0.770. The third-order valence-corrected chi connectivity index (χ3v) is 5.29. The fourth-order valence-corrected chi connectivity index (χ4v) is 3.74. The molecule has 0 unspecified atom stereocenters. The highest BCUT2D eigenvalue weighted by Crippen LogP contribution is 2.47. The van der Waals surface area contributed by atoms with Crippen molar-refractivity contribution in [2.45, 2.75) is 44.7 Å². The van der Waals surface area contributed by atoms with E-state index in [0.717, 1.165) is 29.0 Å². The highest BCUT2D eigenvalue weighted by Gasteiger charge is 2.43. The number of halogens is 1. The van der Waals surface area contributed by atoms with Gasteiger partial charge in [0.2, 0.25) is 5.89 Å². The van der Waals surface area contributed by atoms with E-state index in [4.69, 9.17) is 16.1 Å². The van der Waals surface area contributed by atoms with Gasteiger partial charge in [-0.1, -0.05) is 35.0 Å². The Balaban J connectivity index is 1.40. The Labute approximate surface area is 141 Å². The summed E-state index contributed by atoms with van der Waals surface area (Å²) in [6, 6.07) is 8.50. The van der Waals surface area contributed by atoms with Gasteiger partial charge in [0.25, 0.3) is 0 Å². The Morgan fingerprint density at radius 1 is 1.22 bits per heavy atom. The van der Waals surface area contributed by atoms with Crippen LogP contribution in [0.3, 0.4) is 0 Å². The first-order valence-corrected chi connectivity index (χ1v) is 8.83. The Hall–Kier alpha value is -1.39. The van der Waals surface area contributed by atoms with Crippen LogP contribution in [-0.4, -0.2) is 28.1 Å². The van der Waals surface area contributed by atoms with E-state index >= 15 is 0 Å². The molecule has 5 heteroatoms. The van der Waals surface area contributed by atoms with E-state index < -0.39 is 0 Å². The average Bonchev–Trinajstić information content (AvgIpc) is 3.45. The molecule has 0 amide bonds. The lowest BCUT2D eigenvalue weighted by Crippen LogP contribution is -2.35. The first-order chi connectivity index (χ1) is 11.2. The molecule has 2 aliphatic rings. The largest absolute Gasteiger partial charge is 0.338 e. The molecule has 0 atom stereocenters. The van der Waals surface area contributed by atoms with Gasteiger partial charge in [0.05, 0.1) is 6.54 Å². The van der Waals surface area contributed by atoms with Gasteiger partial charge in [-0.2, -0.15) is 4.98 Å². The fourth-order valence-electron chi connectivity index (χ4n) is 3.54. The maximum atomic E-state index is 6.20. The van der Waals surface area contributed by atoms with Crippen LogP contribution in [0.15, 0.2) is 28.8 Å². The Morgan fingerprint density at radius 3 is 2.57 bits per heavy atom. The molecule has 2 aliphatic carbocycles. The second kappa shape index (κ2) is 6.25. The van der Waals surface area contributed by atoms with Gasteiger partial charge < -0.3 is 4.52 Å². The maximum Gasteiger partial charge on any atom is 0.240 e. The molecule has 122 valence electrons. The van der Waals surface area contributed by atoms with Gasteiger partial charge in [-0.25, -0.2) is 0 Å². The Bertz CT molecular complexity index is 666. The van der Waals surface area contributed by atoms with Gasteiger partial charge in [-0.3, -0.25) is 4.90 Å². The average molecular weight is 332 g/mol. The Kier molecular flexibility index (Phi) is 4.12. The second-order valence-electron chi connectivity index (χ2n) is 6.95. The molecule has 4 nitrogen and oxygen atoms in total. The summed E-state index contributed by atoms with van der Waals surface area (Å²) in [5.41, 5.74) is 1.03. The second-order valence-corrected chi connectivity index (χ2v) is 7.36. The van der Waals surface area contributed by atoms with Crippen LogP contribution < -0.4 is 0 Å². The van der Waals surface area contributed by atoms with E-state index in [2.05, 4.69) is 22.1 Å². The summed E-state index contributed by atoms with van der Waals surface area (Å²) in [4.78, 5) is 6.97. The highest BCUT2D eigenvalue weighted by molar-refractivity contribution is 6.31. The standard InChI is InChI=1S/C18H22ClN3O/c1-22(18(12-6-7-12)13-8-9-13)11-17-20-16(21-23-17)10-14-4-2-3-5-15(14)19/h2-5,12-13,18H,6-11H2,1H3. The summed E-state index contributed by atoms with van der Waals surface area (Å²) >= 11 is 6.20. The lowest BCUT2D eigenvalue weighted by Gasteiger charge is -2.26. The normalized spacial score (nSPS) is 18.1. The molecule has 0 aliphatic heterocycles. The number of benzene rings is 1.